The first-order valence-electron chi connectivity index (χ1n) is 6.83. The smallest absolute Gasteiger partial charge is 0.131 e. The van der Waals surface area contributed by atoms with E-state index in [-0.39, 0.29) is 35.4 Å². The van der Waals surface area contributed by atoms with Crippen molar-refractivity contribution in [1.82, 2.24) is 10.2 Å². The molecular formula is C15H24ClFN2O. The zero-order valence-corrected chi connectivity index (χ0v) is 13.1. The lowest BCUT2D eigenvalue weighted by atomic mass is 9.80. The fourth-order valence-corrected chi connectivity index (χ4v) is 2.89. The number of benzene rings is 1. The maximum Gasteiger partial charge on any atom is 0.131 e. The Hall–Kier alpha value is -0.840. The number of phenolic OH excluding ortho intramolecular Hbond substituents is 1. The number of aromatic hydroxyl groups is 1. The molecule has 2 rings (SSSR count). The number of hydrogen-bond donors (Lipinski definition) is 2. The summed E-state index contributed by atoms with van der Waals surface area (Å²) in [6.45, 7) is 10.1. The van der Waals surface area contributed by atoms with Gasteiger partial charge in [0.25, 0.3) is 0 Å². The first-order valence-corrected chi connectivity index (χ1v) is 6.83. The minimum absolute atomic E-state index is 0. The summed E-state index contributed by atoms with van der Waals surface area (Å²) < 4.78 is 14.2. The molecule has 0 aromatic heterocycles. The second-order valence-corrected chi connectivity index (χ2v) is 6.26. The van der Waals surface area contributed by atoms with Crippen molar-refractivity contribution in [1.29, 1.82) is 0 Å². The van der Waals surface area contributed by atoms with Gasteiger partial charge in [-0.15, -0.1) is 12.4 Å². The Bertz CT molecular complexity index is 442. The molecule has 1 aromatic carbocycles. The van der Waals surface area contributed by atoms with Gasteiger partial charge in [-0.05, 0) is 11.5 Å². The van der Waals surface area contributed by atoms with Crippen LogP contribution in [0.25, 0.3) is 0 Å². The van der Waals surface area contributed by atoms with Crippen LogP contribution < -0.4 is 5.32 Å². The van der Waals surface area contributed by atoms with Crippen molar-refractivity contribution < 1.29 is 9.50 Å². The van der Waals surface area contributed by atoms with Crippen LogP contribution in [-0.2, 0) is 0 Å². The van der Waals surface area contributed by atoms with Crippen LogP contribution in [0.3, 0.4) is 0 Å². The van der Waals surface area contributed by atoms with E-state index >= 15 is 0 Å². The quantitative estimate of drug-likeness (QED) is 0.882. The van der Waals surface area contributed by atoms with Crippen LogP contribution in [0, 0.1) is 11.2 Å². The third-order valence-corrected chi connectivity index (χ3v) is 3.62. The topological polar surface area (TPSA) is 35.5 Å². The van der Waals surface area contributed by atoms with E-state index in [2.05, 4.69) is 31.0 Å². The molecule has 1 fully saturated rings. The number of rotatable bonds is 2. The molecule has 1 aromatic rings. The molecule has 5 heteroatoms. The monoisotopic (exact) mass is 302 g/mol. The highest BCUT2D eigenvalue weighted by Crippen LogP contribution is 2.39. The van der Waals surface area contributed by atoms with Gasteiger partial charge in [0.1, 0.15) is 11.6 Å². The summed E-state index contributed by atoms with van der Waals surface area (Å²) in [6, 6.07) is 4.51. The van der Waals surface area contributed by atoms with Gasteiger partial charge < -0.3 is 10.4 Å². The maximum absolute atomic E-state index is 14.2. The number of nitrogens with zero attached hydrogens (tertiary/aromatic N) is 1. The van der Waals surface area contributed by atoms with E-state index in [4.69, 9.17) is 0 Å². The molecule has 20 heavy (non-hydrogen) atoms. The van der Waals surface area contributed by atoms with Crippen LogP contribution in [0.15, 0.2) is 18.2 Å². The summed E-state index contributed by atoms with van der Waals surface area (Å²) in [6.07, 6.45) is 0. The Morgan fingerprint density at radius 1 is 1.25 bits per heavy atom. The summed E-state index contributed by atoms with van der Waals surface area (Å²) in [7, 11) is 0. The van der Waals surface area contributed by atoms with Crippen LogP contribution in [0.4, 0.5) is 4.39 Å². The van der Waals surface area contributed by atoms with Gasteiger partial charge in [-0.3, -0.25) is 4.90 Å². The van der Waals surface area contributed by atoms with Crippen molar-refractivity contribution in [3.8, 4) is 5.75 Å². The highest BCUT2D eigenvalue weighted by atomic mass is 35.5. The molecule has 1 aliphatic heterocycles. The molecule has 0 bridgehead atoms. The molecule has 1 heterocycles. The van der Waals surface area contributed by atoms with Crippen molar-refractivity contribution in [3.05, 3.63) is 29.6 Å². The maximum atomic E-state index is 14.2. The molecule has 2 N–H and O–H groups in total. The molecule has 114 valence electrons. The zero-order chi connectivity index (χ0) is 14.0. The van der Waals surface area contributed by atoms with Crippen LogP contribution >= 0.6 is 12.4 Å². The second kappa shape index (κ2) is 6.74. The SMILES string of the molecule is CC(C)(C)[C@H](c1ccc(O)cc1F)N1CCNCC1.Cl. The summed E-state index contributed by atoms with van der Waals surface area (Å²) in [5.41, 5.74) is 0.613. The van der Waals surface area contributed by atoms with Crippen molar-refractivity contribution >= 4 is 12.4 Å². The lowest BCUT2D eigenvalue weighted by molar-refractivity contribution is 0.0834. The number of halogens is 2. The summed E-state index contributed by atoms with van der Waals surface area (Å²) in [5, 5.41) is 12.7. The number of piperazine rings is 1. The molecular weight excluding hydrogens is 279 g/mol. The van der Waals surface area contributed by atoms with Crippen LogP contribution in [0.1, 0.15) is 32.4 Å². The van der Waals surface area contributed by atoms with Gasteiger partial charge in [0.05, 0.1) is 0 Å². The normalized spacial score (nSPS) is 18.4. The Balaban J connectivity index is 0.00000200. The number of hydrogen-bond acceptors (Lipinski definition) is 3. The van der Waals surface area contributed by atoms with Crippen molar-refractivity contribution in [2.75, 3.05) is 26.2 Å². The third kappa shape index (κ3) is 3.84. The molecule has 1 saturated heterocycles. The molecule has 3 nitrogen and oxygen atoms in total. The van der Waals surface area contributed by atoms with E-state index in [0.29, 0.717) is 5.56 Å². The standard InChI is InChI=1S/C15H23FN2O.ClH/c1-15(2,3)14(18-8-6-17-7-9-18)12-5-4-11(19)10-13(12)16;/h4-5,10,14,17,19H,6-9H2,1-3H3;1H/t14-;/m0./s1. The Kier molecular flexibility index (Phi) is 5.80. The summed E-state index contributed by atoms with van der Waals surface area (Å²) in [4.78, 5) is 2.33. The molecule has 0 spiro atoms. The Labute approximate surface area is 126 Å². The van der Waals surface area contributed by atoms with Gasteiger partial charge in [0.15, 0.2) is 0 Å². The molecule has 0 radical (unpaired) electrons. The molecule has 0 saturated carbocycles. The van der Waals surface area contributed by atoms with Crippen molar-refractivity contribution in [2.24, 2.45) is 5.41 Å². The molecule has 0 aliphatic carbocycles. The summed E-state index contributed by atoms with van der Waals surface area (Å²) >= 11 is 0. The zero-order valence-electron chi connectivity index (χ0n) is 12.3. The van der Waals surface area contributed by atoms with E-state index in [1.54, 1.807) is 12.1 Å². The molecule has 0 unspecified atom stereocenters. The number of phenols is 1. The van der Waals surface area contributed by atoms with Crippen molar-refractivity contribution in [3.63, 3.8) is 0 Å². The van der Waals surface area contributed by atoms with Crippen LogP contribution in [-0.4, -0.2) is 36.2 Å². The van der Waals surface area contributed by atoms with Crippen LogP contribution in [0.5, 0.6) is 5.75 Å². The molecule has 0 amide bonds. The highest BCUT2D eigenvalue weighted by molar-refractivity contribution is 5.85. The average Bonchev–Trinajstić information content (AvgIpc) is 2.32. The van der Waals surface area contributed by atoms with E-state index in [9.17, 15) is 9.50 Å². The van der Waals surface area contributed by atoms with E-state index in [0.717, 1.165) is 26.2 Å². The third-order valence-electron chi connectivity index (χ3n) is 3.62. The minimum atomic E-state index is -0.321. The lowest BCUT2D eigenvalue weighted by Gasteiger charge is -2.42. The van der Waals surface area contributed by atoms with Gasteiger partial charge in [-0.25, -0.2) is 4.39 Å². The lowest BCUT2D eigenvalue weighted by Crippen LogP contribution is -2.48. The van der Waals surface area contributed by atoms with E-state index in [1.165, 1.54) is 6.07 Å². The predicted molar refractivity (Wildman–Crippen MR) is 82.0 cm³/mol. The average molecular weight is 303 g/mol. The Morgan fingerprint density at radius 3 is 2.35 bits per heavy atom. The van der Waals surface area contributed by atoms with Gasteiger partial charge >= 0.3 is 0 Å². The second-order valence-electron chi connectivity index (χ2n) is 6.26. The van der Waals surface area contributed by atoms with Gasteiger partial charge in [-0.1, -0.05) is 26.8 Å². The van der Waals surface area contributed by atoms with Gasteiger partial charge in [-0.2, -0.15) is 0 Å². The van der Waals surface area contributed by atoms with Gasteiger partial charge in [0.2, 0.25) is 0 Å². The fraction of sp³-hybridized carbons (Fsp3) is 0.600. The molecule has 1 atom stereocenters. The Morgan fingerprint density at radius 2 is 1.85 bits per heavy atom. The molecule has 1 aliphatic rings. The van der Waals surface area contributed by atoms with E-state index in [1.807, 2.05) is 0 Å². The highest BCUT2D eigenvalue weighted by Gasteiger charge is 2.34. The minimum Gasteiger partial charge on any atom is -0.508 e. The van der Waals surface area contributed by atoms with Crippen molar-refractivity contribution in [2.45, 2.75) is 26.8 Å². The summed E-state index contributed by atoms with van der Waals surface area (Å²) in [5.74, 6) is -0.340. The first kappa shape index (κ1) is 17.2. The predicted octanol–water partition coefficient (Wildman–Crippen LogP) is 2.95. The largest absolute Gasteiger partial charge is 0.508 e. The van der Waals surface area contributed by atoms with Crippen LogP contribution in [0.2, 0.25) is 0 Å². The van der Waals surface area contributed by atoms with Gasteiger partial charge in [0, 0.05) is 43.9 Å². The first-order chi connectivity index (χ1) is 8.89. The van der Waals surface area contributed by atoms with E-state index < -0.39 is 0 Å². The number of nitrogens with one attached hydrogen (secondary N) is 1. The fourth-order valence-electron chi connectivity index (χ4n) is 2.89.